The van der Waals surface area contributed by atoms with Crippen LogP contribution in [0.5, 0.6) is 11.5 Å². The molecular weight excluding hydrogens is 408 g/mol. The highest BCUT2D eigenvalue weighted by Gasteiger charge is 2.18. The number of benzene rings is 2. The molecule has 3 rings (SSSR count). The van der Waals surface area contributed by atoms with Gasteiger partial charge in [-0.15, -0.1) is 0 Å². The van der Waals surface area contributed by atoms with Crippen LogP contribution in [0, 0.1) is 11.3 Å². The first-order chi connectivity index (χ1) is 13.0. The van der Waals surface area contributed by atoms with Crippen LogP contribution in [0.4, 0.5) is 0 Å². The van der Waals surface area contributed by atoms with Gasteiger partial charge >= 0.3 is 0 Å². The first-order valence-corrected chi connectivity index (χ1v) is 9.11. The van der Waals surface area contributed by atoms with E-state index in [4.69, 9.17) is 4.74 Å². The Morgan fingerprint density at radius 2 is 2.19 bits per heavy atom. The minimum absolute atomic E-state index is 0.00237. The van der Waals surface area contributed by atoms with E-state index in [2.05, 4.69) is 20.9 Å². The molecule has 0 fully saturated rings. The minimum Gasteiger partial charge on any atom is -0.503 e. The zero-order valence-electron chi connectivity index (χ0n) is 14.8. The van der Waals surface area contributed by atoms with E-state index in [1.54, 1.807) is 18.3 Å². The highest BCUT2D eigenvalue weighted by atomic mass is 79.9. The molecule has 0 spiro atoms. The van der Waals surface area contributed by atoms with Gasteiger partial charge < -0.3 is 14.8 Å². The van der Waals surface area contributed by atoms with Gasteiger partial charge in [0.05, 0.1) is 11.6 Å². The third kappa shape index (κ3) is 3.46. The highest BCUT2D eigenvalue weighted by Crippen LogP contribution is 2.36. The topological polar surface area (TPSA) is 86.1 Å². The predicted octanol–water partition coefficient (Wildman–Crippen LogP) is 5.00. The van der Waals surface area contributed by atoms with Crippen molar-refractivity contribution in [3.8, 4) is 17.6 Å². The van der Waals surface area contributed by atoms with Gasteiger partial charge in [-0.1, -0.05) is 25.1 Å². The Morgan fingerprint density at radius 1 is 1.41 bits per heavy atom. The van der Waals surface area contributed by atoms with E-state index in [9.17, 15) is 15.2 Å². The lowest BCUT2D eigenvalue weighted by atomic mass is 9.99. The smallest absolute Gasteiger partial charge is 0.205 e. The molecule has 0 bridgehead atoms. The lowest BCUT2D eigenvalue weighted by Crippen LogP contribution is -2.01. The van der Waals surface area contributed by atoms with E-state index in [0.29, 0.717) is 15.6 Å². The number of carbonyl (C=O) groups is 1. The quantitative estimate of drug-likeness (QED) is 0.342. The number of halogens is 1. The molecule has 0 radical (unpaired) electrons. The normalized spacial score (nSPS) is 11.4. The van der Waals surface area contributed by atoms with Crippen molar-refractivity contribution in [2.75, 3.05) is 7.11 Å². The van der Waals surface area contributed by atoms with Crippen molar-refractivity contribution in [2.45, 2.75) is 13.3 Å². The van der Waals surface area contributed by atoms with Crippen LogP contribution in [0.15, 0.2) is 46.6 Å². The van der Waals surface area contributed by atoms with Gasteiger partial charge in [-0.25, -0.2) is 0 Å². The number of nitrogens with zero attached hydrogens (tertiary/aromatic N) is 1. The van der Waals surface area contributed by atoms with Gasteiger partial charge in [0.1, 0.15) is 11.6 Å². The third-order valence-electron chi connectivity index (χ3n) is 4.37. The average molecular weight is 425 g/mol. The van der Waals surface area contributed by atoms with Crippen LogP contribution in [-0.2, 0) is 6.42 Å². The monoisotopic (exact) mass is 424 g/mol. The van der Waals surface area contributed by atoms with Gasteiger partial charge in [-0.3, -0.25) is 4.79 Å². The number of hydrogen-bond acceptors (Lipinski definition) is 4. The molecular formula is C21H17BrN2O3. The molecule has 0 amide bonds. The SMILES string of the molecule is CCc1cccc2c(C(=O)/C(C#N)=C/c3cc(Br)c(O)c(OC)c3)c[nH]c12. The molecule has 1 heterocycles. The predicted molar refractivity (Wildman–Crippen MR) is 108 cm³/mol. The van der Waals surface area contributed by atoms with Crippen molar-refractivity contribution in [1.29, 1.82) is 5.26 Å². The lowest BCUT2D eigenvalue weighted by molar-refractivity contribution is 0.104. The summed E-state index contributed by atoms with van der Waals surface area (Å²) in [5.41, 5.74) is 3.04. The maximum Gasteiger partial charge on any atom is 0.205 e. The zero-order chi connectivity index (χ0) is 19.6. The summed E-state index contributed by atoms with van der Waals surface area (Å²) in [6, 6.07) is 10.9. The van der Waals surface area contributed by atoms with Crippen molar-refractivity contribution >= 4 is 38.7 Å². The Morgan fingerprint density at radius 3 is 2.85 bits per heavy atom. The van der Waals surface area contributed by atoms with E-state index in [1.165, 1.54) is 13.2 Å². The molecule has 0 aliphatic rings. The van der Waals surface area contributed by atoms with Gasteiger partial charge in [-0.05, 0) is 51.7 Å². The van der Waals surface area contributed by atoms with Crippen LogP contribution in [0.1, 0.15) is 28.4 Å². The zero-order valence-corrected chi connectivity index (χ0v) is 16.4. The molecule has 27 heavy (non-hydrogen) atoms. The van der Waals surface area contributed by atoms with Gasteiger partial charge in [0.15, 0.2) is 11.5 Å². The number of para-hydroxylation sites is 1. The van der Waals surface area contributed by atoms with Crippen molar-refractivity contribution in [1.82, 2.24) is 4.98 Å². The first-order valence-electron chi connectivity index (χ1n) is 8.32. The second-order valence-electron chi connectivity index (χ2n) is 5.95. The number of rotatable bonds is 5. The lowest BCUT2D eigenvalue weighted by Gasteiger charge is -2.07. The number of hydrogen-bond donors (Lipinski definition) is 2. The molecule has 0 saturated carbocycles. The molecule has 136 valence electrons. The van der Waals surface area contributed by atoms with Gasteiger partial charge in [0.25, 0.3) is 0 Å². The second-order valence-corrected chi connectivity index (χ2v) is 6.80. The third-order valence-corrected chi connectivity index (χ3v) is 4.98. The number of fused-ring (bicyclic) bond motifs is 1. The molecule has 5 nitrogen and oxygen atoms in total. The van der Waals surface area contributed by atoms with Gasteiger partial charge in [0.2, 0.25) is 5.78 Å². The van der Waals surface area contributed by atoms with Crippen LogP contribution in [-0.4, -0.2) is 23.0 Å². The summed E-state index contributed by atoms with van der Waals surface area (Å²) in [5, 5.41) is 20.2. The summed E-state index contributed by atoms with van der Waals surface area (Å²) in [4.78, 5) is 16.1. The van der Waals surface area contributed by atoms with Gasteiger partial charge in [0, 0.05) is 22.7 Å². The number of Topliss-reactive ketones (excluding diaryl/α,β-unsaturated/α-hetero) is 1. The Balaban J connectivity index is 2.07. The molecule has 3 aromatic rings. The van der Waals surface area contributed by atoms with E-state index in [-0.39, 0.29) is 22.9 Å². The second kappa shape index (κ2) is 7.68. The van der Waals surface area contributed by atoms with Crippen LogP contribution in [0.25, 0.3) is 17.0 Å². The summed E-state index contributed by atoms with van der Waals surface area (Å²) in [6.07, 6.45) is 3.97. The number of phenolic OH excluding ortho intramolecular Hbond substituents is 1. The summed E-state index contributed by atoms with van der Waals surface area (Å²) >= 11 is 3.24. The van der Waals surface area contributed by atoms with Crippen LogP contribution in [0.2, 0.25) is 0 Å². The van der Waals surface area contributed by atoms with E-state index >= 15 is 0 Å². The number of H-pyrrole nitrogens is 1. The number of allylic oxidation sites excluding steroid dienone is 1. The molecule has 6 heteroatoms. The number of carbonyl (C=O) groups excluding carboxylic acids is 1. The fourth-order valence-corrected chi connectivity index (χ4v) is 3.45. The fraction of sp³-hybridized carbons (Fsp3) is 0.143. The molecule has 0 unspecified atom stereocenters. The number of nitriles is 1. The van der Waals surface area contributed by atoms with Crippen LogP contribution < -0.4 is 4.74 Å². The van der Waals surface area contributed by atoms with E-state index in [1.807, 2.05) is 31.2 Å². The highest BCUT2D eigenvalue weighted by molar-refractivity contribution is 9.10. The van der Waals surface area contributed by atoms with Crippen LogP contribution in [0.3, 0.4) is 0 Å². The molecule has 0 atom stereocenters. The summed E-state index contributed by atoms with van der Waals surface area (Å²) in [5.74, 6) is -0.150. The number of nitrogens with one attached hydrogen (secondary N) is 1. The average Bonchev–Trinajstić information content (AvgIpc) is 3.12. The van der Waals surface area contributed by atoms with Crippen molar-refractivity contribution < 1.29 is 14.6 Å². The number of ketones is 1. The number of aromatic hydroxyl groups is 1. The summed E-state index contributed by atoms with van der Waals surface area (Å²) in [7, 11) is 1.43. The Labute approximate surface area is 165 Å². The molecule has 0 saturated heterocycles. The summed E-state index contributed by atoms with van der Waals surface area (Å²) in [6.45, 7) is 2.05. The first kappa shape index (κ1) is 18.7. The maximum atomic E-state index is 13.0. The minimum atomic E-state index is -0.361. The molecule has 0 aliphatic carbocycles. The van der Waals surface area contributed by atoms with E-state index < -0.39 is 0 Å². The number of ether oxygens (including phenoxy) is 1. The molecule has 2 N–H and O–H groups in total. The number of aryl methyl sites for hydroxylation is 1. The number of methoxy groups -OCH3 is 1. The molecule has 1 aromatic heterocycles. The maximum absolute atomic E-state index is 13.0. The number of phenols is 1. The number of aromatic amines is 1. The van der Waals surface area contributed by atoms with Crippen LogP contribution >= 0.6 is 15.9 Å². The van der Waals surface area contributed by atoms with Crippen molar-refractivity contribution in [3.05, 3.63) is 63.3 Å². The Hall–Kier alpha value is -3.04. The Kier molecular flexibility index (Phi) is 5.33. The van der Waals surface area contributed by atoms with Crippen molar-refractivity contribution in [3.63, 3.8) is 0 Å². The fourth-order valence-electron chi connectivity index (χ4n) is 2.99. The molecule has 2 aromatic carbocycles. The number of aromatic nitrogens is 1. The molecule has 0 aliphatic heterocycles. The summed E-state index contributed by atoms with van der Waals surface area (Å²) < 4.78 is 5.53. The Bertz CT molecular complexity index is 1110. The van der Waals surface area contributed by atoms with Crippen molar-refractivity contribution in [2.24, 2.45) is 0 Å². The van der Waals surface area contributed by atoms with E-state index in [0.717, 1.165) is 22.9 Å². The standard InChI is InChI=1S/C21H17BrN2O3/c1-3-13-5-4-6-15-16(11-24-19(13)15)20(25)14(10-23)7-12-8-17(22)21(26)18(9-12)27-2/h4-9,11,24,26H,3H2,1-2H3/b14-7+. The van der Waals surface area contributed by atoms with Gasteiger partial charge in [-0.2, -0.15) is 5.26 Å². The largest absolute Gasteiger partial charge is 0.503 e.